The third-order valence-electron chi connectivity index (χ3n) is 2.62. The predicted molar refractivity (Wildman–Crippen MR) is 63.0 cm³/mol. The summed E-state index contributed by atoms with van der Waals surface area (Å²) < 4.78 is 4.85. The van der Waals surface area contributed by atoms with Crippen molar-refractivity contribution in [3.8, 4) is 12.0 Å². The molecule has 2 rings (SSSR count). The largest absolute Gasteiger partial charge is 0.370 e. The van der Waals surface area contributed by atoms with Crippen molar-refractivity contribution in [2.75, 3.05) is 13.1 Å². The fraction of sp³-hybridized carbons (Fsp3) is 0.385. The molecular formula is C13H14N2O2. The second-order valence-electron chi connectivity index (χ2n) is 3.88. The third-order valence-corrected chi connectivity index (χ3v) is 2.62. The number of nitrogens with zero attached hydrogens (tertiary/aromatic N) is 1. The lowest BCUT2D eigenvalue weighted by molar-refractivity contribution is 0.0683. The molecule has 0 radical (unpaired) electrons. The topological polar surface area (TPSA) is 51.2 Å². The number of carbonyl (C=O) groups excluding carboxylic acids is 1. The molecule has 0 bridgehead atoms. The second kappa shape index (κ2) is 6.02. The molecule has 4 heteroatoms. The number of piperidine rings is 1. The van der Waals surface area contributed by atoms with Crippen LogP contribution in [0.25, 0.3) is 0 Å². The molecule has 1 saturated heterocycles. The monoisotopic (exact) mass is 230 g/mol. The number of pyridine rings is 1. The molecule has 0 atom stereocenters. The molecule has 1 aromatic heterocycles. The maximum Gasteiger partial charge on any atom is 0.370 e. The van der Waals surface area contributed by atoms with Gasteiger partial charge in [0.25, 0.3) is 0 Å². The zero-order chi connectivity index (χ0) is 11.9. The summed E-state index contributed by atoms with van der Waals surface area (Å²) in [6.07, 6.45) is 6.05. The van der Waals surface area contributed by atoms with Crippen molar-refractivity contribution in [3.05, 3.63) is 30.1 Å². The highest BCUT2D eigenvalue weighted by Gasteiger charge is 2.10. The Labute approximate surface area is 100 Å². The molecule has 0 aromatic carbocycles. The summed E-state index contributed by atoms with van der Waals surface area (Å²) in [4.78, 5) is 15.4. The molecule has 0 spiro atoms. The van der Waals surface area contributed by atoms with Crippen molar-refractivity contribution in [3.63, 3.8) is 0 Å². The summed E-state index contributed by atoms with van der Waals surface area (Å²) in [6.45, 7) is 1.96. The first kappa shape index (κ1) is 11.6. The van der Waals surface area contributed by atoms with Crippen molar-refractivity contribution < 1.29 is 9.53 Å². The van der Waals surface area contributed by atoms with E-state index in [2.05, 4.69) is 22.3 Å². The summed E-state index contributed by atoms with van der Waals surface area (Å²) in [7, 11) is 0. The minimum Gasteiger partial charge on any atom is -0.367 e. The Balaban J connectivity index is 1.86. The predicted octanol–water partition coefficient (Wildman–Crippen LogP) is 1.20. The average Bonchev–Trinajstić information content (AvgIpc) is 2.41. The number of esters is 1. The molecule has 17 heavy (non-hydrogen) atoms. The maximum absolute atomic E-state index is 11.5. The molecule has 88 valence electrons. The Morgan fingerprint density at radius 3 is 2.94 bits per heavy atom. The van der Waals surface area contributed by atoms with E-state index in [-0.39, 0.29) is 5.69 Å². The normalized spacial score (nSPS) is 15.8. The van der Waals surface area contributed by atoms with E-state index in [0.29, 0.717) is 5.92 Å². The van der Waals surface area contributed by atoms with Crippen molar-refractivity contribution >= 4 is 5.97 Å². The van der Waals surface area contributed by atoms with Crippen LogP contribution in [0.1, 0.15) is 23.3 Å². The zero-order valence-electron chi connectivity index (χ0n) is 9.48. The number of nitrogens with one attached hydrogen (secondary N) is 1. The Bertz CT molecular complexity index is 428. The van der Waals surface area contributed by atoms with Crippen molar-refractivity contribution in [2.45, 2.75) is 12.8 Å². The van der Waals surface area contributed by atoms with Crippen LogP contribution in [0.4, 0.5) is 0 Å². The Morgan fingerprint density at radius 2 is 2.24 bits per heavy atom. The van der Waals surface area contributed by atoms with Crippen molar-refractivity contribution in [1.82, 2.24) is 10.3 Å². The Hall–Kier alpha value is -1.86. The fourth-order valence-corrected chi connectivity index (χ4v) is 1.66. The lowest BCUT2D eigenvalue weighted by atomic mass is 9.99. The molecule has 0 amide bonds. The molecular weight excluding hydrogens is 216 g/mol. The van der Waals surface area contributed by atoms with Gasteiger partial charge in [0.15, 0.2) is 0 Å². The van der Waals surface area contributed by atoms with Gasteiger partial charge in [0, 0.05) is 12.1 Å². The summed E-state index contributed by atoms with van der Waals surface area (Å²) in [6, 6.07) is 5.09. The van der Waals surface area contributed by atoms with Crippen LogP contribution in [0.2, 0.25) is 0 Å². The van der Waals surface area contributed by atoms with Gasteiger partial charge in [0.2, 0.25) is 0 Å². The van der Waals surface area contributed by atoms with Gasteiger partial charge < -0.3 is 10.1 Å². The van der Waals surface area contributed by atoms with Crippen LogP contribution in [0.3, 0.4) is 0 Å². The highest BCUT2D eigenvalue weighted by Crippen LogP contribution is 2.09. The average molecular weight is 230 g/mol. The van der Waals surface area contributed by atoms with Crippen LogP contribution in [0.5, 0.6) is 0 Å². The molecule has 1 aromatic rings. The minimum atomic E-state index is -0.493. The number of carbonyl (C=O) groups is 1. The third kappa shape index (κ3) is 3.58. The van der Waals surface area contributed by atoms with Gasteiger partial charge in [-0.05, 0) is 38.1 Å². The van der Waals surface area contributed by atoms with Crippen LogP contribution in [0, 0.1) is 17.9 Å². The first-order valence-electron chi connectivity index (χ1n) is 5.70. The quantitative estimate of drug-likeness (QED) is 0.582. The summed E-state index contributed by atoms with van der Waals surface area (Å²) in [5.41, 5.74) is 0.284. The molecule has 0 saturated carbocycles. The van der Waals surface area contributed by atoms with E-state index in [1.807, 2.05) is 0 Å². The van der Waals surface area contributed by atoms with E-state index < -0.39 is 5.97 Å². The standard InChI is InChI=1S/C13H14N2O2/c16-13(12-3-1-2-7-15-12)17-10-6-11-4-8-14-9-5-11/h1-3,7,11,14H,4-5,8-9H2. The summed E-state index contributed by atoms with van der Waals surface area (Å²) in [5, 5.41) is 3.25. The van der Waals surface area contributed by atoms with Crippen LogP contribution in [-0.2, 0) is 4.74 Å². The van der Waals surface area contributed by atoms with Gasteiger partial charge in [-0.3, -0.25) is 0 Å². The number of hydrogen-bond acceptors (Lipinski definition) is 4. The summed E-state index contributed by atoms with van der Waals surface area (Å²) in [5.74, 6) is 2.79. The molecule has 1 aliphatic heterocycles. The zero-order valence-corrected chi connectivity index (χ0v) is 9.48. The first-order chi connectivity index (χ1) is 8.36. The number of aromatic nitrogens is 1. The van der Waals surface area contributed by atoms with E-state index in [1.54, 1.807) is 24.4 Å². The van der Waals surface area contributed by atoms with Crippen LogP contribution in [-0.4, -0.2) is 24.0 Å². The van der Waals surface area contributed by atoms with Crippen molar-refractivity contribution in [2.24, 2.45) is 5.92 Å². The molecule has 1 N–H and O–H groups in total. The van der Waals surface area contributed by atoms with Gasteiger partial charge in [-0.25, -0.2) is 9.78 Å². The van der Waals surface area contributed by atoms with Gasteiger partial charge in [0.05, 0.1) is 0 Å². The SMILES string of the molecule is O=C(OC#CC1CCNCC1)c1ccccn1. The number of ether oxygens (including phenoxy) is 1. The second-order valence-corrected chi connectivity index (χ2v) is 3.88. The first-order valence-corrected chi connectivity index (χ1v) is 5.70. The van der Waals surface area contributed by atoms with Crippen LogP contribution < -0.4 is 5.32 Å². The lowest BCUT2D eigenvalue weighted by Crippen LogP contribution is -2.27. The van der Waals surface area contributed by atoms with E-state index in [0.717, 1.165) is 25.9 Å². The molecule has 4 nitrogen and oxygen atoms in total. The molecule has 2 heterocycles. The van der Waals surface area contributed by atoms with Gasteiger partial charge in [-0.2, -0.15) is 0 Å². The molecule has 1 aliphatic rings. The smallest absolute Gasteiger partial charge is 0.367 e. The highest BCUT2D eigenvalue weighted by atomic mass is 16.5. The van der Waals surface area contributed by atoms with Gasteiger partial charge in [0.1, 0.15) is 11.8 Å². The van der Waals surface area contributed by atoms with E-state index in [4.69, 9.17) is 4.74 Å². The molecule has 0 aliphatic carbocycles. The maximum atomic E-state index is 11.5. The van der Waals surface area contributed by atoms with E-state index >= 15 is 0 Å². The minimum absolute atomic E-state index is 0.284. The van der Waals surface area contributed by atoms with Crippen LogP contribution >= 0.6 is 0 Å². The van der Waals surface area contributed by atoms with Gasteiger partial charge in [-0.1, -0.05) is 12.0 Å². The van der Waals surface area contributed by atoms with E-state index in [1.165, 1.54) is 0 Å². The molecule has 0 unspecified atom stereocenters. The number of hydrogen-bond donors (Lipinski definition) is 1. The van der Waals surface area contributed by atoms with Gasteiger partial charge >= 0.3 is 5.97 Å². The molecule has 1 fully saturated rings. The Morgan fingerprint density at radius 1 is 1.41 bits per heavy atom. The fourth-order valence-electron chi connectivity index (χ4n) is 1.66. The highest BCUT2D eigenvalue weighted by molar-refractivity contribution is 5.87. The summed E-state index contributed by atoms with van der Waals surface area (Å²) >= 11 is 0. The van der Waals surface area contributed by atoms with Crippen molar-refractivity contribution in [1.29, 1.82) is 0 Å². The Kier molecular flexibility index (Phi) is 4.11. The number of rotatable bonds is 1. The van der Waals surface area contributed by atoms with E-state index in [9.17, 15) is 4.79 Å². The van der Waals surface area contributed by atoms with Gasteiger partial charge in [-0.15, -0.1) is 0 Å². The lowest BCUT2D eigenvalue weighted by Gasteiger charge is -2.16. The van der Waals surface area contributed by atoms with Crippen LogP contribution in [0.15, 0.2) is 24.4 Å².